The Morgan fingerprint density at radius 1 is 0.900 bits per heavy atom. The maximum atomic E-state index is 6.13. The van der Waals surface area contributed by atoms with E-state index in [9.17, 15) is 0 Å². The van der Waals surface area contributed by atoms with Gasteiger partial charge in [0.2, 0.25) is 11.8 Å². The van der Waals surface area contributed by atoms with Crippen LogP contribution in [-0.4, -0.2) is 10.2 Å². The molecular weight excluding hydrogens is 363 g/mol. The molecule has 3 aromatic rings. The molecule has 0 saturated heterocycles. The van der Waals surface area contributed by atoms with E-state index in [2.05, 4.69) is 26.1 Å². The SMILES string of the molecule is Clc1ccc(-c2nnc(-c3ccccc3Br)o2)c(Cl)c1. The molecule has 3 nitrogen and oxygen atoms in total. The second kappa shape index (κ2) is 5.56. The molecule has 0 radical (unpaired) electrons. The van der Waals surface area contributed by atoms with Gasteiger partial charge in [0.05, 0.1) is 16.1 Å². The molecular formula is C14H7BrCl2N2O. The van der Waals surface area contributed by atoms with Gasteiger partial charge in [-0.3, -0.25) is 0 Å². The molecule has 1 aromatic heterocycles. The molecule has 1 heterocycles. The van der Waals surface area contributed by atoms with Crippen molar-refractivity contribution in [3.05, 3.63) is 57.0 Å². The quantitative estimate of drug-likeness (QED) is 0.600. The average Bonchev–Trinajstić information content (AvgIpc) is 2.88. The van der Waals surface area contributed by atoms with Gasteiger partial charge in [0.15, 0.2) is 0 Å². The second-order valence-corrected chi connectivity index (χ2v) is 5.71. The first kappa shape index (κ1) is 13.6. The summed E-state index contributed by atoms with van der Waals surface area (Å²) in [7, 11) is 0. The van der Waals surface area contributed by atoms with Crippen LogP contribution in [0.25, 0.3) is 22.9 Å². The third-order valence-corrected chi connectivity index (χ3v) is 3.93. The van der Waals surface area contributed by atoms with Crippen LogP contribution < -0.4 is 0 Å². The van der Waals surface area contributed by atoms with Crippen LogP contribution in [0.4, 0.5) is 0 Å². The number of rotatable bonds is 2. The lowest BCUT2D eigenvalue weighted by Gasteiger charge is -2.00. The molecule has 100 valence electrons. The zero-order chi connectivity index (χ0) is 14.1. The second-order valence-electron chi connectivity index (χ2n) is 4.02. The lowest BCUT2D eigenvalue weighted by Crippen LogP contribution is -1.79. The lowest BCUT2D eigenvalue weighted by molar-refractivity contribution is 0.584. The van der Waals surface area contributed by atoms with Crippen molar-refractivity contribution in [2.75, 3.05) is 0 Å². The van der Waals surface area contributed by atoms with Crippen molar-refractivity contribution in [2.24, 2.45) is 0 Å². The molecule has 0 spiro atoms. The highest BCUT2D eigenvalue weighted by Gasteiger charge is 2.14. The first-order valence-electron chi connectivity index (χ1n) is 5.69. The van der Waals surface area contributed by atoms with E-state index in [0.29, 0.717) is 27.4 Å². The van der Waals surface area contributed by atoms with Crippen LogP contribution in [0, 0.1) is 0 Å². The zero-order valence-corrected chi connectivity index (χ0v) is 13.1. The van der Waals surface area contributed by atoms with E-state index in [0.717, 1.165) is 10.0 Å². The van der Waals surface area contributed by atoms with E-state index in [4.69, 9.17) is 27.6 Å². The van der Waals surface area contributed by atoms with E-state index in [-0.39, 0.29) is 0 Å². The molecule has 0 fully saturated rings. The predicted octanol–water partition coefficient (Wildman–Crippen LogP) is 5.47. The van der Waals surface area contributed by atoms with Crippen molar-refractivity contribution in [3.63, 3.8) is 0 Å². The summed E-state index contributed by atoms with van der Waals surface area (Å²) in [5.74, 6) is 0.788. The minimum atomic E-state index is 0.359. The summed E-state index contributed by atoms with van der Waals surface area (Å²) in [6, 6.07) is 12.7. The van der Waals surface area contributed by atoms with Crippen LogP contribution in [0.3, 0.4) is 0 Å². The molecule has 0 saturated carbocycles. The molecule has 2 aromatic carbocycles. The highest BCUT2D eigenvalue weighted by atomic mass is 79.9. The lowest BCUT2D eigenvalue weighted by atomic mass is 10.2. The fourth-order valence-corrected chi connectivity index (χ4v) is 2.68. The fraction of sp³-hybridized carbons (Fsp3) is 0. The minimum absolute atomic E-state index is 0.359. The molecule has 3 rings (SSSR count). The number of nitrogens with zero attached hydrogens (tertiary/aromatic N) is 2. The van der Waals surface area contributed by atoms with Gasteiger partial charge < -0.3 is 4.42 Å². The molecule has 0 amide bonds. The Kier molecular flexibility index (Phi) is 3.78. The van der Waals surface area contributed by atoms with E-state index in [1.165, 1.54) is 0 Å². The van der Waals surface area contributed by atoms with E-state index < -0.39 is 0 Å². The molecule has 0 aliphatic carbocycles. The maximum absolute atomic E-state index is 6.13. The summed E-state index contributed by atoms with van der Waals surface area (Å²) < 4.78 is 6.56. The van der Waals surface area contributed by atoms with Crippen molar-refractivity contribution >= 4 is 39.1 Å². The minimum Gasteiger partial charge on any atom is -0.416 e. The standard InChI is InChI=1S/C14H7BrCl2N2O/c15-11-4-2-1-3-9(11)13-18-19-14(20-13)10-6-5-8(16)7-12(10)17/h1-7H. The summed E-state index contributed by atoms with van der Waals surface area (Å²) in [4.78, 5) is 0. The Labute approximate surface area is 133 Å². The average molecular weight is 370 g/mol. The van der Waals surface area contributed by atoms with Crippen LogP contribution in [-0.2, 0) is 0 Å². The Morgan fingerprint density at radius 3 is 2.30 bits per heavy atom. The van der Waals surface area contributed by atoms with Crippen molar-refractivity contribution in [2.45, 2.75) is 0 Å². The van der Waals surface area contributed by atoms with E-state index in [1.807, 2.05) is 24.3 Å². The van der Waals surface area contributed by atoms with Crippen molar-refractivity contribution in [3.8, 4) is 22.9 Å². The van der Waals surface area contributed by atoms with E-state index >= 15 is 0 Å². The number of hydrogen-bond donors (Lipinski definition) is 0. The van der Waals surface area contributed by atoms with Gasteiger partial charge in [0.25, 0.3) is 0 Å². The molecule has 0 aliphatic rings. The van der Waals surface area contributed by atoms with Crippen LogP contribution in [0.15, 0.2) is 51.4 Å². The Bertz CT molecular complexity index is 773. The summed E-state index contributed by atoms with van der Waals surface area (Å²) in [6.45, 7) is 0. The van der Waals surface area contributed by atoms with Crippen molar-refractivity contribution in [1.29, 1.82) is 0 Å². The first-order valence-corrected chi connectivity index (χ1v) is 7.24. The topological polar surface area (TPSA) is 38.9 Å². The van der Waals surface area contributed by atoms with Crippen LogP contribution in [0.1, 0.15) is 0 Å². The summed E-state index contributed by atoms with van der Waals surface area (Å²) in [6.07, 6.45) is 0. The highest BCUT2D eigenvalue weighted by Crippen LogP contribution is 2.33. The maximum Gasteiger partial charge on any atom is 0.249 e. The van der Waals surface area contributed by atoms with Gasteiger partial charge in [-0.05, 0) is 46.3 Å². The molecule has 0 aliphatic heterocycles. The van der Waals surface area contributed by atoms with Gasteiger partial charge >= 0.3 is 0 Å². The molecule has 0 bridgehead atoms. The van der Waals surface area contributed by atoms with Crippen molar-refractivity contribution < 1.29 is 4.42 Å². The number of halogens is 3. The molecule has 0 unspecified atom stereocenters. The Hall–Kier alpha value is -1.36. The molecule has 20 heavy (non-hydrogen) atoms. The highest BCUT2D eigenvalue weighted by molar-refractivity contribution is 9.10. The van der Waals surface area contributed by atoms with Crippen LogP contribution in [0.5, 0.6) is 0 Å². The third-order valence-electron chi connectivity index (χ3n) is 2.69. The number of hydrogen-bond acceptors (Lipinski definition) is 3. The molecule has 0 atom stereocenters. The largest absolute Gasteiger partial charge is 0.416 e. The molecule has 6 heteroatoms. The van der Waals surface area contributed by atoms with Crippen molar-refractivity contribution in [1.82, 2.24) is 10.2 Å². The third kappa shape index (κ3) is 2.59. The zero-order valence-electron chi connectivity index (χ0n) is 9.98. The predicted molar refractivity (Wildman–Crippen MR) is 82.9 cm³/mol. The Morgan fingerprint density at radius 2 is 1.60 bits per heavy atom. The van der Waals surface area contributed by atoms with Gasteiger partial charge in [-0.15, -0.1) is 10.2 Å². The monoisotopic (exact) mass is 368 g/mol. The van der Waals surface area contributed by atoms with Gasteiger partial charge in [-0.25, -0.2) is 0 Å². The fourth-order valence-electron chi connectivity index (χ4n) is 1.74. The number of benzene rings is 2. The summed E-state index contributed by atoms with van der Waals surface area (Å²) in [5, 5.41) is 9.11. The van der Waals surface area contributed by atoms with Crippen LogP contribution >= 0.6 is 39.1 Å². The normalized spacial score (nSPS) is 10.8. The summed E-state index contributed by atoms with van der Waals surface area (Å²) in [5.41, 5.74) is 1.48. The first-order chi connectivity index (χ1) is 9.65. The van der Waals surface area contributed by atoms with Gasteiger partial charge in [-0.2, -0.15) is 0 Å². The van der Waals surface area contributed by atoms with Gasteiger partial charge in [-0.1, -0.05) is 35.3 Å². The molecule has 0 N–H and O–H groups in total. The van der Waals surface area contributed by atoms with Gasteiger partial charge in [0.1, 0.15) is 0 Å². The number of aromatic nitrogens is 2. The Balaban J connectivity index is 2.04. The van der Waals surface area contributed by atoms with Gasteiger partial charge in [0, 0.05) is 9.50 Å². The smallest absolute Gasteiger partial charge is 0.249 e. The van der Waals surface area contributed by atoms with Crippen LogP contribution in [0.2, 0.25) is 10.0 Å². The van der Waals surface area contributed by atoms with E-state index in [1.54, 1.807) is 18.2 Å². The summed E-state index contributed by atoms with van der Waals surface area (Å²) >= 11 is 15.4.